The maximum Gasteiger partial charge on any atom is 0.0716 e. The molecule has 4 aromatic carbocycles. The standard InChI is InChI=1S/C33H21N3/c1-2-6-22(7-3-1)29-17-15-26-20-24(14-16-30(26)35-29)25-12-11-23-13-18-32(36-33(23)21-25)28-8-4-10-31-27(28)9-5-19-34-31/h1-21H. The average Bonchev–Trinajstić information content (AvgIpc) is 2.96. The number of pyridine rings is 3. The first-order chi connectivity index (χ1) is 17.8. The molecule has 0 aliphatic carbocycles. The van der Waals surface area contributed by atoms with Gasteiger partial charge >= 0.3 is 0 Å². The fourth-order valence-corrected chi connectivity index (χ4v) is 4.85. The Balaban J connectivity index is 1.29. The Kier molecular flexibility index (Phi) is 4.78. The van der Waals surface area contributed by atoms with Gasteiger partial charge in [-0.05, 0) is 53.6 Å². The fourth-order valence-electron chi connectivity index (χ4n) is 4.85. The summed E-state index contributed by atoms with van der Waals surface area (Å²) in [5.74, 6) is 0. The van der Waals surface area contributed by atoms with Crippen LogP contribution in [0.15, 0.2) is 128 Å². The van der Waals surface area contributed by atoms with Crippen molar-refractivity contribution in [3.63, 3.8) is 0 Å². The van der Waals surface area contributed by atoms with Gasteiger partial charge < -0.3 is 0 Å². The molecule has 3 heterocycles. The third kappa shape index (κ3) is 3.58. The summed E-state index contributed by atoms with van der Waals surface area (Å²) in [6.07, 6.45) is 1.83. The monoisotopic (exact) mass is 459 g/mol. The number of nitrogens with zero attached hydrogens (tertiary/aromatic N) is 3. The van der Waals surface area contributed by atoms with Gasteiger partial charge in [0, 0.05) is 33.5 Å². The predicted molar refractivity (Wildman–Crippen MR) is 149 cm³/mol. The van der Waals surface area contributed by atoms with E-state index in [0.29, 0.717) is 0 Å². The average molecular weight is 460 g/mol. The summed E-state index contributed by atoms with van der Waals surface area (Å²) < 4.78 is 0. The lowest BCUT2D eigenvalue weighted by molar-refractivity contribution is 1.38. The van der Waals surface area contributed by atoms with E-state index in [1.165, 1.54) is 0 Å². The van der Waals surface area contributed by atoms with E-state index in [1.807, 2.05) is 42.6 Å². The second-order valence-electron chi connectivity index (χ2n) is 8.95. The molecule has 7 aromatic rings. The van der Waals surface area contributed by atoms with E-state index in [4.69, 9.17) is 9.97 Å². The van der Waals surface area contributed by atoms with Crippen molar-refractivity contribution < 1.29 is 0 Å². The lowest BCUT2D eigenvalue weighted by Crippen LogP contribution is -1.89. The molecule has 168 valence electrons. The molecule has 3 heteroatoms. The minimum atomic E-state index is 0.953. The van der Waals surface area contributed by atoms with Crippen molar-refractivity contribution in [2.45, 2.75) is 0 Å². The minimum absolute atomic E-state index is 0.953. The molecule has 3 nitrogen and oxygen atoms in total. The molecule has 0 N–H and O–H groups in total. The summed E-state index contributed by atoms with van der Waals surface area (Å²) >= 11 is 0. The Morgan fingerprint density at radius 2 is 1.19 bits per heavy atom. The zero-order chi connectivity index (χ0) is 23.9. The first kappa shape index (κ1) is 20.5. The molecule has 36 heavy (non-hydrogen) atoms. The molecule has 0 amide bonds. The fraction of sp³-hybridized carbons (Fsp3) is 0. The highest BCUT2D eigenvalue weighted by atomic mass is 14.7. The molecule has 0 radical (unpaired) electrons. The van der Waals surface area contributed by atoms with E-state index in [9.17, 15) is 0 Å². The van der Waals surface area contributed by atoms with Crippen molar-refractivity contribution in [1.29, 1.82) is 0 Å². The van der Waals surface area contributed by atoms with Crippen LogP contribution in [0.5, 0.6) is 0 Å². The van der Waals surface area contributed by atoms with Crippen LogP contribution in [0.3, 0.4) is 0 Å². The molecule has 7 rings (SSSR count). The largest absolute Gasteiger partial charge is 0.256 e. The van der Waals surface area contributed by atoms with Crippen molar-refractivity contribution >= 4 is 32.7 Å². The molecule has 0 saturated heterocycles. The maximum absolute atomic E-state index is 5.05. The number of fused-ring (bicyclic) bond motifs is 3. The van der Waals surface area contributed by atoms with Gasteiger partial charge in [-0.3, -0.25) is 4.98 Å². The number of hydrogen-bond donors (Lipinski definition) is 0. The number of hydrogen-bond acceptors (Lipinski definition) is 3. The third-order valence-electron chi connectivity index (χ3n) is 6.71. The smallest absolute Gasteiger partial charge is 0.0716 e. The third-order valence-corrected chi connectivity index (χ3v) is 6.71. The van der Waals surface area contributed by atoms with Gasteiger partial charge in [0.15, 0.2) is 0 Å². The van der Waals surface area contributed by atoms with Crippen LogP contribution in [0.2, 0.25) is 0 Å². The number of rotatable bonds is 3. The van der Waals surface area contributed by atoms with Gasteiger partial charge in [0.2, 0.25) is 0 Å². The van der Waals surface area contributed by atoms with Crippen LogP contribution in [-0.2, 0) is 0 Å². The van der Waals surface area contributed by atoms with Gasteiger partial charge in [0.1, 0.15) is 0 Å². The van der Waals surface area contributed by atoms with E-state index in [1.54, 1.807) is 0 Å². The predicted octanol–water partition coefficient (Wildman–Crippen LogP) is 8.33. The topological polar surface area (TPSA) is 38.7 Å². The molecule has 0 spiro atoms. The van der Waals surface area contributed by atoms with E-state index in [2.05, 4.69) is 89.9 Å². The minimum Gasteiger partial charge on any atom is -0.256 e. The van der Waals surface area contributed by atoms with Crippen LogP contribution in [0, 0.1) is 0 Å². The van der Waals surface area contributed by atoms with Crippen LogP contribution in [0.1, 0.15) is 0 Å². The van der Waals surface area contributed by atoms with Crippen molar-refractivity contribution in [3.05, 3.63) is 128 Å². The summed E-state index contributed by atoms with van der Waals surface area (Å²) in [6, 6.07) is 42.0. The van der Waals surface area contributed by atoms with Gasteiger partial charge in [0.25, 0.3) is 0 Å². The van der Waals surface area contributed by atoms with Gasteiger partial charge in [-0.15, -0.1) is 0 Å². The molecular formula is C33H21N3. The first-order valence-corrected chi connectivity index (χ1v) is 12.0. The quantitative estimate of drug-likeness (QED) is 0.267. The summed E-state index contributed by atoms with van der Waals surface area (Å²) in [4.78, 5) is 14.4. The van der Waals surface area contributed by atoms with E-state index in [0.717, 1.165) is 66.4 Å². The van der Waals surface area contributed by atoms with E-state index in [-0.39, 0.29) is 0 Å². The zero-order valence-corrected chi connectivity index (χ0v) is 19.5. The summed E-state index contributed by atoms with van der Waals surface area (Å²) in [5.41, 5.74) is 9.40. The highest BCUT2D eigenvalue weighted by molar-refractivity contribution is 5.96. The molecule has 3 aromatic heterocycles. The Morgan fingerprint density at radius 1 is 0.417 bits per heavy atom. The zero-order valence-electron chi connectivity index (χ0n) is 19.5. The Morgan fingerprint density at radius 3 is 2.14 bits per heavy atom. The van der Waals surface area contributed by atoms with E-state index >= 15 is 0 Å². The highest BCUT2D eigenvalue weighted by Gasteiger charge is 2.09. The molecule has 0 aliphatic heterocycles. The highest BCUT2D eigenvalue weighted by Crippen LogP contribution is 2.31. The van der Waals surface area contributed by atoms with Crippen LogP contribution in [-0.4, -0.2) is 15.0 Å². The first-order valence-electron chi connectivity index (χ1n) is 12.0. The molecule has 0 aliphatic rings. The second kappa shape index (κ2) is 8.40. The molecule has 0 unspecified atom stereocenters. The van der Waals surface area contributed by atoms with Crippen LogP contribution in [0.4, 0.5) is 0 Å². The summed E-state index contributed by atoms with van der Waals surface area (Å²) in [6.45, 7) is 0. The van der Waals surface area contributed by atoms with Gasteiger partial charge in [-0.2, -0.15) is 0 Å². The van der Waals surface area contributed by atoms with Crippen LogP contribution < -0.4 is 0 Å². The summed E-state index contributed by atoms with van der Waals surface area (Å²) in [7, 11) is 0. The molecule has 0 saturated carbocycles. The van der Waals surface area contributed by atoms with Crippen molar-refractivity contribution in [3.8, 4) is 33.6 Å². The Hall–Kier alpha value is -4.89. The van der Waals surface area contributed by atoms with Gasteiger partial charge in [-0.25, -0.2) is 9.97 Å². The number of benzene rings is 4. The molecular weight excluding hydrogens is 438 g/mol. The molecule has 0 bridgehead atoms. The molecule has 0 atom stereocenters. The van der Waals surface area contributed by atoms with Crippen molar-refractivity contribution in [2.75, 3.05) is 0 Å². The van der Waals surface area contributed by atoms with Gasteiger partial charge in [0.05, 0.1) is 27.9 Å². The Labute approximate surface area is 208 Å². The summed E-state index contributed by atoms with van der Waals surface area (Å²) in [5, 5.41) is 3.35. The Bertz CT molecular complexity index is 1890. The maximum atomic E-state index is 5.05. The van der Waals surface area contributed by atoms with Crippen molar-refractivity contribution in [2.24, 2.45) is 0 Å². The molecule has 0 fully saturated rings. The van der Waals surface area contributed by atoms with Crippen LogP contribution in [0.25, 0.3) is 66.4 Å². The van der Waals surface area contributed by atoms with Crippen molar-refractivity contribution in [1.82, 2.24) is 15.0 Å². The number of aromatic nitrogens is 3. The lowest BCUT2D eigenvalue weighted by Gasteiger charge is -2.09. The van der Waals surface area contributed by atoms with Crippen LogP contribution >= 0.6 is 0 Å². The second-order valence-corrected chi connectivity index (χ2v) is 8.95. The van der Waals surface area contributed by atoms with E-state index < -0.39 is 0 Å². The SMILES string of the molecule is c1ccc(-c2ccc3cc(-c4ccc5ccc(-c6cccc7ncccc67)nc5c4)ccc3n2)cc1. The normalized spacial score (nSPS) is 11.3. The lowest BCUT2D eigenvalue weighted by atomic mass is 10.00. The van der Waals surface area contributed by atoms with Gasteiger partial charge in [-0.1, -0.05) is 78.9 Å².